The van der Waals surface area contributed by atoms with Crippen molar-refractivity contribution in [3.05, 3.63) is 66.1 Å². The third kappa shape index (κ3) is 3.88. The fourth-order valence-corrected chi connectivity index (χ4v) is 2.91. The first kappa shape index (κ1) is 15.8. The Bertz CT molecular complexity index is 810. The Morgan fingerprint density at radius 1 is 1.00 bits per heavy atom. The van der Waals surface area contributed by atoms with Crippen molar-refractivity contribution in [3.8, 4) is 17.2 Å². The summed E-state index contributed by atoms with van der Waals surface area (Å²) in [5, 5.41) is 8.42. The maximum absolute atomic E-state index is 5.87. The van der Waals surface area contributed by atoms with Crippen LogP contribution in [0, 0.1) is 0 Å². The molecule has 0 unspecified atom stereocenters. The number of hydrogen-bond donors (Lipinski definition) is 0. The zero-order valence-corrected chi connectivity index (χ0v) is 14.3. The van der Waals surface area contributed by atoms with Crippen LogP contribution in [-0.2, 0) is 13.1 Å². The topological polar surface area (TPSA) is 51.4 Å². The van der Waals surface area contributed by atoms with Gasteiger partial charge in [-0.15, -0.1) is 10.2 Å². The summed E-state index contributed by atoms with van der Waals surface area (Å²) in [6.07, 6.45) is 2.46. The van der Waals surface area contributed by atoms with Crippen LogP contribution in [0.4, 0.5) is 0 Å². The van der Waals surface area contributed by atoms with Gasteiger partial charge in [0.1, 0.15) is 5.75 Å². The fourth-order valence-electron chi connectivity index (χ4n) is 2.91. The Morgan fingerprint density at radius 2 is 1.76 bits per heavy atom. The molecule has 0 radical (unpaired) electrons. The van der Waals surface area contributed by atoms with Crippen LogP contribution in [0.25, 0.3) is 11.5 Å². The Hall–Kier alpha value is -2.66. The van der Waals surface area contributed by atoms with E-state index in [9.17, 15) is 0 Å². The first-order chi connectivity index (χ1) is 12.3. The van der Waals surface area contributed by atoms with Crippen molar-refractivity contribution in [2.75, 3.05) is 7.11 Å². The Morgan fingerprint density at radius 3 is 2.44 bits per heavy atom. The second-order valence-corrected chi connectivity index (χ2v) is 6.35. The SMILES string of the molecule is COc1ccc(CN(Cc2nnc(-c3ccccc3)o2)C2CC2)cc1. The van der Waals surface area contributed by atoms with E-state index in [1.165, 1.54) is 18.4 Å². The first-order valence-corrected chi connectivity index (χ1v) is 8.56. The van der Waals surface area contributed by atoms with Crippen LogP contribution in [0.3, 0.4) is 0 Å². The lowest BCUT2D eigenvalue weighted by atomic mass is 10.2. The van der Waals surface area contributed by atoms with Gasteiger partial charge in [0, 0.05) is 18.2 Å². The van der Waals surface area contributed by atoms with Gasteiger partial charge in [0.15, 0.2) is 0 Å². The fraction of sp³-hybridized carbons (Fsp3) is 0.300. The van der Waals surface area contributed by atoms with Crippen LogP contribution in [0.2, 0.25) is 0 Å². The number of nitrogens with zero attached hydrogens (tertiary/aromatic N) is 3. The van der Waals surface area contributed by atoms with Gasteiger partial charge in [0.2, 0.25) is 11.8 Å². The zero-order chi connectivity index (χ0) is 17.1. The van der Waals surface area contributed by atoms with E-state index >= 15 is 0 Å². The van der Waals surface area contributed by atoms with Gasteiger partial charge in [0.05, 0.1) is 13.7 Å². The summed E-state index contributed by atoms with van der Waals surface area (Å²) in [6.45, 7) is 1.55. The molecule has 5 nitrogen and oxygen atoms in total. The van der Waals surface area contributed by atoms with E-state index in [2.05, 4.69) is 27.2 Å². The number of ether oxygens (including phenoxy) is 1. The smallest absolute Gasteiger partial charge is 0.247 e. The normalized spacial score (nSPS) is 14.0. The third-order valence-electron chi connectivity index (χ3n) is 4.43. The molecule has 1 aliphatic rings. The van der Waals surface area contributed by atoms with Crippen LogP contribution in [0.5, 0.6) is 5.75 Å². The monoisotopic (exact) mass is 335 g/mol. The number of aromatic nitrogens is 2. The molecule has 0 saturated heterocycles. The minimum Gasteiger partial charge on any atom is -0.497 e. The van der Waals surface area contributed by atoms with Crippen molar-refractivity contribution in [1.82, 2.24) is 15.1 Å². The van der Waals surface area contributed by atoms with Crippen molar-refractivity contribution >= 4 is 0 Å². The van der Waals surface area contributed by atoms with Crippen molar-refractivity contribution in [2.45, 2.75) is 32.0 Å². The molecular formula is C20H21N3O2. The lowest BCUT2D eigenvalue weighted by Gasteiger charge is -2.20. The summed E-state index contributed by atoms with van der Waals surface area (Å²) >= 11 is 0. The molecule has 0 atom stereocenters. The number of hydrogen-bond acceptors (Lipinski definition) is 5. The Kier molecular flexibility index (Phi) is 4.48. The molecule has 1 saturated carbocycles. The van der Waals surface area contributed by atoms with E-state index in [1.54, 1.807) is 7.11 Å². The average molecular weight is 335 g/mol. The second-order valence-electron chi connectivity index (χ2n) is 6.35. The van der Waals surface area contributed by atoms with Crippen LogP contribution in [0.15, 0.2) is 59.0 Å². The minimum absolute atomic E-state index is 0.579. The Balaban J connectivity index is 1.46. The molecule has 4 rings (SSSR count). The predicted octanol–water partition coefficient (Wildman–Crippen LogP) is 3.91. The van der Waals surface area contributed by atoms with Crippen LogP contribution < -0.4 is 4.74 Å². The van der Waals surface area contributed by atoms with E-state index < -0.39 is 0 Å². The van der Waals surface area contributed by atoms with Gasteiger partial charge in [0.25, 0.3) is 0 Å². The summed E-state index contributed by atoms with van der Waals surface area (Å²) in [6, 6.07) is 18.7. The highest BCUT2D eigenvalue weighted by Gasteiger charge is 2.30. The highest BCUT2D eigenvalue weighted by Crippen LogP contribution is 2.30. The van der Waals surface area contributed by atoms with E-state index in [0.717, 1.165) is 17.9 Å². The van der Waals surface area contributed by atoms with Crippen LogP contribution in [-0.4, -0.2) is 28.2 Å². The highest BCUT2D eigenvalue weighted by atomic mass is 16.5. The van der Waals surface area contributed by atoms with Gasteiger partial charge in [-0.25, -0.2) is 0 Å². The zero-order valence-electron chi connectivity index (χ0n) is 14.3. The Labute approximate surface area is 147 Å². The molecule has 0 amide bonds. The largest absolute Gasteiger partial charge is 0.497 e. The molecule has 5 heteroatoms. The van der Waals surface area contributed by atoms with Crippen LogP contribution >= 0.6 is 0 Å². The van der Waals surface area contributed by atoms with Crippen molar-refractivity contribution in [1.29, 1.82) is 0 Å². The molecule has 0 N–H and O–H groups in total. The standard InChI is InChI=1S/C20H21N3O2/c1-24-18-11-7-15(8-12-18)13-23(17-9-10-17)14-19-21-22-20(25-19)16-5-3-2-4-6-16/h2-8,11-12,17H,9-10,13-14H2,1H3. The van der Waals surface area contributed by atoms with E-state index in [0.29, 0.717) is 24.4 Å². The second kappa shape index (κ2) is 7.07. The summed E-state index contributed by atoms with van der Waals surface area (Å²) < 4.78 is 11.1. The molecule has 1 heterocycles. The van der Waals surface area contributed by atoms with Crippen molar-refractivity contribution < 1.29 is 9.15 Å². The molecular weight excluding hydrogens is 314 g/mol. The molecule has 1 aliphatic carbocycles. The van der Waals surface area contributed by atoms with Gasteiger partial charge >= 0.3 is 0 Å². The summed E-state index contributed by atoms with van der Waals surface area (Å²) in [7, 11) is 1.69. The molecule has 1 aromatic heterocycles. The van der Waals surface area contributed by atoms with Crippen molar-refractivity contribution in [2.24, 2.45) is 0 Å². The summed E-state index contributed by atoms with van der Waals surface area (Å²) in [5.41, 5.74) is 2.21. The highest BCUT2D eigenvalue weighted by molar-refractivity contribution is 5.51. The van der Waals surface area contributed by atoms with E-state index in [-0.39, 0.29) is 0 Å². The molecule has 0 bridgehead atoms. The molecule has 128 valence electrons. The molecule has 3 aromatic rings. The van der Waals surface area contributed by atoms with Gasteiger partial charge in [-0.3, -0.25) is 4.90 Å². The molecule has 2 aromatic carbocycles. The van der Waals surface area contributed by atoms with Gasteiger partial charge in [-0.05, 0) is 42.7 Å². The number of benzene rings is 2. The third-order valence-corrected chi connectivity index (χ3v) is 4.43. The predicted molar refractivity (Wildman–Crippen MR) is 95.0 cm³/mol. The van der Waals surface area contributed by atoms with Crippen molar-refractivity contribution in [3.63, 3.8) is 0 Å². The van der Waals surface area contributed by atoms with Crippen LogP contribution in [0.1, 0.15) is 24.3 Å². The molecule has 1 fully saturated rings. The van der Waals surface area contributed by atoms with Gasteiger partial charge < -0.3 is 9.15 Å². The minimum atomic E-state index is 0.579. The van der Waals surface area contributed by atoms with Gasteiger partial charge in [-0.2, -0.15) is 0 Å². The maximum atomic E-state index is 5.87. The average Bonchev–Trinajstić information content (AvgIpc) is 3.41. The van der Waals surface area contributed by atoms with E-state index in [4.69, 9.17) is 9.15 Å². The lowest BCUT2D eigenvalue weighted by Crippen LogP contribution is -2.25. The number of methoxy groups -OCH3 is 1. The summed E-state index contributed by atoms with van der Waals surface area (Å²) in [5.74, 6) is 2.13. The molecule has 0 aliphatic heterocycles. The quantitative estimate of drug-likeness (QED) is 0.655. The molecule has 0 spiro atoms. The maximum Gasteiger partial charge on any atom is 0.247 e. The molecule has 25 heavy (non-hydrogen) atoms. The first-order valence-electron chi connectivity index (χ1n) is 8.56. The lowest BCUT2D eigenvalue weighted by molar-refractivity contribution is 0.221. The van der Waals surface area contributed by atoms with Gasteiger partial charge in [-0.1, -0.05) is 30.3 Å². The number of rotatable bonds is 7. The van der Waals surface area contributed by atoms with E-state index in [1.807, 2.05) is 42.5 Å². The summed E-state index contributed by atoms with van der Waals surface area (Å²) in [4.78, 5) is 2.41.